The third-order valence-electron chi connectivity index (χ3n) is 6.47. The summed E-state index contributed by atoms with van der Waals surface area (Å²) in [4.78, 5) is 11.1. The van der Waals surface area contributed by atoms with Crippen molar-refractivity contribution in [2.75, 3.05) is 37.0 Å². The van der Waals surface area contributed by atoms with Crippen molar-refractivity contribution in [1.29, 1.82) is 0 Å². The van der Waals surface area contributed by atoms with Gasteiger partial charge in [-0.05, 0) is 55.6 Å². The van der Waals surface area contributed by atoms with Crippen molar-refractivity contribution < 1.29 is 13.5 Å². The van der Waals surface area contributed by atoms with Gasteiger partial charge < -0.3 is 20.7 Å². The Morgan fingerprint density at radius 2 is 1.94 bits per heavy atom. The maximum absolute atomic E-state index is 14.7. The summed E-state index contributed by atoms with van der Waals surface area (Å²) in [6, 6.07) is 8.61. The molecule has 0 aliphatic carbocycles. The Morgan fingerprint density at radius 3 is 2.66 bits per heavy atom. The number of fused-ring (bicyclic) bond motifs is 1. The van der Waals surface area contributed by atoms with Crippen molar-refractivity contribution in [2.24, 2.45) is 11.7 Å². The molecule has 5 rings (SSSR count). The minimum Gasteiger partial charge on any atom is -0.494 e. The third-order valence-corrected chi connectivity index (χ3v) is 6.77. The number of halogens is 3. The van der Waals surface area contributed by atoms with Crippen LogP contribution in [-0.2, 0) is 0 Å². The predicted molar refractivity (Wildman–Crippen MR) is 134 cm³/mol. The topological polar surface area (TPSA) is 80.7 Å². The standard InChI is InChI=1S/C25H25ClF2N6O/c1-35-21-5-3-17(22(27)23(21)28)20-14-31-25-24(30-8-11-34(20)25)32-16-2-4-19(18(26)12-16)33-9-6-15(13-29)7-10-33/h2-5,8,11-12,14-15H,6-7,9-10,13,29H2,1H3,(H,30,32). The molecule has 0 spiro atoms. The van der Waals surface area contributed by atoms with Gasteiger partial charge in [-0.3, -0.25) is 4.40 Å². The Bertz CT molecular complexity index is 1370. The Kier molecular flexibility index (Phi) is 6.44. The van der Waals surface area contributed by atoms with Crippen molar-refractivity contribution in [1.82, 2.24) is 14.4 Å². The zero-order valence-corrected chi connectivity index (χ0v) is 19.9. The highest BCUT2D eigenvalue weighted by Gasteiger charge is 2.21. The summed E-state index contributed by atoms with van der Waals surface area (Å²) in [5.74, 6) is -1.18. The third kappa shape index (κ3) is 4.37. The number of imidazole rings is 1. The minimum absolute atomic E-state index is 0.0683. The molecule has 0 unspecified atom stereocenters. The number of aromatic nitrogens is 3. The molecule has 0 amide bonds. The van der Waals surface area contributed by atoms with Gasteiger partial charge in [-0.2, -0.15) is 4.39 Å². The van der Waals surface area contributed by atoms with E-state index in [1.807, 2.05) is 18.2 Å². The number of piperidine rings is 1. The normalized spacial score (nSPS) is 14.5. The summed E-state index contributed by atoms with van der Waals surface area (Å²) < 4.78 is 35.5. The van der Waals surface area contributed by atoms with Crippen LogP contribution in [0.25, 0.3) is 16.9 Å². The molecule has 0 saturated carbocycles. The number of nitrogens with zero attached hydrogens (tertiary/aromatic N) is 4. The van der Waals surface area contributed by atoms with Gasteiger partial charge in [0, 0.05) is 36.7 Å². The molecule has 1 saturated heterocycles. The van der Waals surface area contributed by atoms with Crippen LogP contribution in [0, 0.1) is 17.6 Å². The molecule has 1 aliphatic heterocycles. The number of anilines is 3. The zero-order chi connectivity index (χ0) is 24.5. The molecule has 3 heterocycles. The van der Waals surface area contributed by atoms with E-state index < -0.39 is 11.6 Å². The van der Waals surface area contributed by atoms with Gasteiger partial charge in [0.15, 0.2) is 23.0 Å². The maximum Gasteiger partial charge on any atom is 0.201 e. The summed E-state index contributed by atoms with van der Waals surface area (Å²) in [5.41, 5.74) is 8.44. The molecule has 35 heavy (non-hydrogen) atoms. The van der Waals surface area contributed by atoms with Crippen molar-refractivity contribution in [3.8, 4) is 17.0 Å². The summed E-state index contributed by atoms with van der Waals surface area (Å²) in [5, 5.41) is 3.87. The fourth-order valence-electron chi connectivity index (χ4n) is 4.48. The molecule has 2 aromatic heterocycles. The van der Waals surface area contributed by atoms with E-state index in [2.05, 4.69) is 20.2 Å². The van der Waals surface area contributed by atoms with Gasteiger partial charge in [0.1, 0.15) is 0 Å². The lowest BCUT2D eigenvalue weighted by atomic mass is 9.97. The molecule has 0 bridgehead atoms. The molecule has 3 N–H and O–H groups in total. The zero-order valence-electron chi connectivity index (χ0n) is 19.1. The molecular formula is C25H25ClF2N6O. The number of hydrogen-bond donors (Lipinski definition) is 2. The molecule has 0 atom stereocenters. The first-order valence-corrected chi connectivity index (χ1v) is 11.7. The minimum atomic E-state index is -1.05. The number of hydrogen-bond acceptors (Lipinski definition) is 6. The second-order valence-corrected chi connectivity index (χ2v) is 8.92. The Morgan fingerprint density at radius 1 is 1.14 bits per heavy atom. The first kappa shape index (κ1) is 23.3. The summed E-state index contributed by atoms with van der Waals surface area (Å²) in [6.45, 7) is 2.57. The van der Waals surface area contributed by atoms with Crippen LogP contribution in [0.3, 0.4) is 0 Å². The number of rotatable bonds is 6. The van der Waals surface area contributed by atoms with Crippen LogP contribution in [0.1, 0.15) is 12.8 Å². The van der Waals surface area contributed by atoms with Crippen LogP contribution < -0.4 is 20.7 Å². The molecule has 4 aromatic rings. The van der Waals surface area contributed by atoms with Gasteiger partial charge in [0.2, 0.25) is 5.82 Å². The van der Waals surface area contributed by atoms with Gasteiger partial charge in [0.25, 0.3) is 0 Å². The van der Waals surface area contributed by atoms with Crippen LogP contribution in [0.4, 0.5) is 26.0 Å². The highest BCUT2D eigenvalue weighted by molar-refractivity contribution is 6.33. The summed E-state index contributed by atoms with van der Waals surface area (Å²) in [7, 11) is 1.29. The lowest BCUT2D eigenvalue weighted by Gasteiger charge is -2.33. The second-order valence-electron chi connectivity index (χ2n) is 8.51. The quantitative estimate of drug-likeness (QED) is 0.377. The second kappa shape index (κ2) is 9.67. The molecule has 7 nitrogen and oxygen atoms in total. The smallest absolute Gasteiger partial charge is 0.201 e. The number of nitrogens with one attached hydrogen (secondary N) is 1. The Labute approximate surface area is 206 Å². The van der Waals surface area contributed by atoms with E-state index in [-0.39, 0.29) is 11.3 Å². The largest absolute Gasteiger partial charge is 0.494 e. The average Bonchev–Trinajstić information content (AvgIpc) is 3.31. The van der Waals surface area contributed by atoms with Gasteiger partial charge in [-0.15, -0.1) is 0 Å². The van der Waals surface area contributed by atoms with E-state index in [1.54, 1.807) is 16.8 Å². The van der Waals surface area contributed by atoms with Gasteiger partial charge in [0.05, 0.1) is 29.7 Å². The average molecular weight is 499 g/mol. The monoisotopic (exact) mass is 498 g/mol. The lowest BCUT2D eigenvalue weighted by molar-refractivity contribution is 0.372. The highest BCUT2D eigenvalue weighted by Crippen LogP contribution is 2.34. The van der Waals surface area contributed by atoms with Gasteiger partial charge in [-0.25, -0.2) is 14.4 Å². The molecule has 2 aromatic carbocycles. The van der Waals surface area contributed by atoms with E-state index in [0.29, 0.717) is 28.1 Å². The molecule has 1 aliphatic rings. The van der Waals surface area contributed by atoms with Crippen molar-refractivity contribution >= 4 is 34.4 Å². The highest BCUT2D eigenvalue weighted by atomic mass is 35.5. The van der Waals surface area contributed by atoms with E-state index in [1.165, 1.54) is 25.4 Å². The SMILES string of the molecule is COc1ccc(-c2cnc3c(Nc4ccc(N5CCC(CN)CC5)c(Cl)c4)nccn23)c(F)c1F. The molecule has 182 valence electrons. The van der Waals surface area contributed by atoms with Crippen LogP contribution in [0.5, 0.6) is 5.75 Å². The molecule has 0 radical (unpaired) electrons. The molecule has 10 heteroatoms. The van der Waals surface area contributed by atoms with E-state index in [0.717, 1.165) is 43.9 Å². The van der Waals surface area contributed by atoms with E-state index in [4.69, 9.17) is 22.1 Å². The lowest BCUT2D eigenvalue weighted by Crippen LogP contribution is -2.36. The molecular weight excluding hydrogens is 474 g/mol. The maximum atomic E-state index is 14.7. The predicted octanol–water partition coefficient (Wildman–Crippen LogP) is 5.26. The van der Waals surface area contributed by atoms with Crippen molar-refractivity contribution in [2.45, 2.75) is 12.8 Å². The van der Waals surface area contributed by atoms with E-state index >= 15 is 0 Å². The first-order chi connectivity index (χ1) is 17.0. The van der Waals surface area contributed by atoms with Crippen molar-refractivity contribution in [3.63, 3.8) is 0 Å². The van der Waals surface area contributed by atoms with Crippen LogP contribution >= 0.6 is 11.6 Å². The fraction of sp³-hybridized carbons (Fsp3) is 0.280. The summed E-state index contributed by atoms with van der Waals surface area (Å²) in [6.07, 6.45) is 6.80. The fourth-order valence-corrected chi connectivity index (χ4v) is 4.78. The number of ether oxygens (including phenoxy) is 1. The van der Waals surface area contributed by atoms with Crippen LogP contribution in [-0.4, -0.2) is 41.1 Å². The van der Waals surface area contributed by atoms with E-state index in [9.17, 15) is 8.78 Å². The van der Waals surface area contributed by atoms with Crippen molar-refractivity contribution in [3.05, 3.63) is 65.6 Å². The number of benzene rings is 2. The Balaban J connectivity index is 1.42. The number of methoxy groups -OCH3 is 1. The van der Waals surface area contributed by atoms with Crippen LogP contribution in [0.2, 0.25) is 5.02 Å². The molecule has 1 fully saturated rings. The summed E-state index contributed by atoms with van der Waals surface area (Å²) >= 11 is 6.62. The van der Waals surface area contributed by atoms with Gasteiger partial charge in [-0.1, -0.05) is 11.6 Å². The first-order valence-electron chi connectivity index (χ1n) is 11.4. The Hall–Kier alpha value is -3.43. The van der Waals surface area contributed by atoms with Gasteiger partial charge >= 0.3 is 0 Å². The van der Waals surface area contributed by atoms with Crippen LogP contribution in [0.15, 0.2) is 48.9 Å². The number of nitrogens with two attached hydrogens (primary N) is 1.